The molecule has 0 saturated carbocycles. The van der Waals surface area contributed by atoms with Crippen LogP contribution in [0.5, 0.6) is 0 Å². The maximum Gasteiger partial charge on any atom is 0.472 e. The highest BCUT2D eigenvalue weighted by molar-refractivity contribution is 6.41. The van der Waals surface area contributed by atoms with E-state index in [2.05, 4.69) is 10.6 Å². The second-order valence-electron chi connectivity index (χ2n) is 5.73. The summed E-state index contributed by atoms with van der Waals surface area (Å²) in [6.45, 7) is 0. The summed E-state index contributed by atoms with van der Waals surface area (Å²) < 4.78 is 0. The molecule has 2 aromatic rings. The van der Waals surface area contributed by atoms with E-state index in [-0.39, 0.29) is 18.6 Å². The molecular formula is C17H18BN3O6. The molecule has 0 aromatic heterocycles. The van der Waals surface area contributed by atoms with Crippen molar-refractivity contribution in [2.75, 3.05) is 6.44 Å². The van der Waals surface area contributed by atoms with E-state index in [0.29, 0.717) is 11.1 Å². The van der Waals surface area contributed by atoms with Gasteiger partial charge in [0.15, 0.2) is 0 Å². The zero-order chi connectivity index (χ0) is 19.8. The van der Waals surface area contributed by atoms with Crippen molar-refractivity contribution in [3.63, 3.8) is 0 Å². The average molecular weight is 371 g/mol. The Hall–Kier alpha value is -3.24. The number of rotatable bonds is 8. The van der Waals surface area contributed by atoms with E-state index < -0.39 is 29.9 Å². The summed E-state index contributed by atoms with van der Waals surface area (Å²) in [6, 6.07) is 13.1. The number of nitrogens with zero attached hydrogens (tertiary/aromatic N) is 1. The summed E-state index contributed by atoms with van der Waals surface area (Å²) in [6.07, 6.45) is -0.598. The Morgan fingerprint density at radius 1 is 1.11 bits per heavy atom. The van der Waals surface area contributed by atoms with Crippen LogP contribution in [0.2, 0.25) is 0 Å². The number of benzene rings is 2. The topological polar surface area (TPSA) is 142 Å². The van der Waals surface area contributed by atoms with Crippen molar-refractivity contribution < 1.29 is 24.6 Å². The normalized spacial score (nSPS) is 11.3. The van der Waals surface area contributed by atoms with Crippen LogP contribution in [0.25, 0.3) is 0 Å². The van der Waals surface area contributed by atoms with Crippen LogP contribution >= 0.6 is 0 Å². The molecular weight excluding hydrogens is 353 g/mol. The van der Waals surface area contributed by atoms with Crippen LogP contribution in [-0.2, 0) is 4.79 Å². The second kappa shape index (κ2) is 9.46. The summed E-state index contributed by atoms with van der Waals surface area (Å²) in [5.41, 5.74) is 0.588. The van der Waals surface area contributed by atoms with E-state index in [9.17, 15) is 19.7 Å². The monoisotopic (exact) mass is 371 g/mol. The van der Waals surface area contributed by atoms with Gasteiger partial charge in [-0.05, 0) is 17.7 Å². The predicted octanol–water partition coefficient (Wildman–Crippen LogP) is 0.584. The van der Waals surface area contributed by atoms with E-state index in [1.165, 1.54) is 18.2 Å². The number of carbonyl (C=O) groups excluding carboxylic acids is 2. The van der Waals surface area contributed by atoms with Gasteiger partial charge in [-0.15, -0.1) is 0 Å². The van der Waals surface area contributed by atoms with Crippen molar-refractivity contribution in [1.29, 1.82) is 0 Å². The molecule has 2 rings (SSSR count). The molecule has 9 nitrogen and oxygen atoms in total. The van der Waals surface area contributed by atoms with Crippen molar-refractivity contribution in [2.24, 2.45) is 0 Å². The van der Waals surface area contributed by atoms with E-state index >= 15 is 0 Å². The predicted molar refractivity (Wildman–Crippen MR) is 97.6 cm³/mol. The number of nitro benzene ring substituents is 1. The van der Waals surface area contributed by atoms with E-state index in [0.717, 1.165) is 0 Å². The number of nitrogens with one attached hydrogen (secondary N) is 2. The first-order chi connectivity index (χ1) is 12.9. The fourth-order valence-electron chi connectivity index (χ4n) is 2.40. The van der Waals surface area contributed by atoms with Gasteiger partial charge in [-0.1, -0.05) is 30.3 Å². The minimum absolute atomic E-state index is 0.169. The van der Waals surface area contributed by atoms with Gasteiger partial charge >= 0.3 is 7.12 Å². The maximum atomic E-state index is 12.4. The zero-order valence-corrected chi connectivity index (χ0v) is 14.2. The van der Waals surface area contributed by atoms with E-state index in [4.69, 9.17) is 10.0 Å². The van der Waals surface area contributed by atoms with Crippen LogP contribution in [0.1, 0.15) is 28.4 Å². The molecule has 0 radical (unpaired) electrons. The molecule has 4 N–H and O–H groups in total. The summed E-state index contributed by atoms with van der Waals surface area (Å²) >= 11 is 0. The van der Waals surface area contributed by atoms with Crippen LogP contribution in [0, 0.1) is 10.1 Å². The first kappa shape index (κ1) is 20.1. The molecule has 0 fully saturated rings. The van der Waals surface area contributed by atoms with Crippen molar-refractivity contribution in [3.8, 4) is 0 Å². The fraction of sp³-hybridized carbons (Fsp3) is 0.176. The minimum atomic E-state index is -1.70. The molecule has 1 atom stereocenters. The smallest absolute Gasteiger partial charge is 0.426 e. The van der Waals surface area contributed by atoms with Crippen LogP contribution in [-0.4, -0.2) is 40.3 Å². The minimum Gasteiger partial charge on any atom is -0.426 e. The van der Waals surface area contributed by atoms with Crippen LogP contribution in [0.15, 0.2) is 54.6 Å². The standard InChI is InChI=1S/C17H18BN3O6/c22-16(19-11-18(24)25)10-15(13-7-4-8-14(9-13)21(26)27)20-17(23)12-5-2-1-3-6-12/h1-9,15,24-25H,10-11H2,(H,19,22)(H,20,23). The van der Waals surface area contributed by atoms with Gasteiger partial charge in [0.1, 0.15) is 0 Å². The Balaban J connectivity index is 2.22. The zero-order valence-electron chi connectivity index (χ0n) is 14.2. The van der Waals surface area contributed by atoms with Gasteiger partial charge in [0.2, 0.25) is 5.91 Å². The van der Waals surface area contributed by atoms with Gasteiger partial charge < -0.3 is 20.7 Å². The lowest BCUT2D eigenvalue weighted by Crippen LogP contribution is -2.38. The van der Waals surface area contributed by atoms with Gasteiger partial charge in [-0.2, -0.15) is 0 Å². The maximum absolute atomic E-state index is 12.4. The fourth-order valence-corrected chi connectivity index (χ4v) is 2.40. The third-order valence-electron chi connectivity index (χ3n) is 3.70. The molecule has 0 bridgehead atoms. The van der Waals surface area contributed by atoms with Gasteiger partial charge in [-0.25, -0.2) is 0 Å². The number of hydrogen-bond acceptors (Lipinski definition) is 6. The Morgan fingerprint density at radius 2 is 1.81 bits per heavy atom. The third-order valence-corrected chi connectivity index (χ3v) is 3.70. The van der Waals surface area contributed by atoms with Gasteiger partial charge in [0, 0.05) is 17.7 Å². The average Bonchev–Trinajstić information content (AvgIpc) is 2.66. The molecule has 0 heterocycles. The molecule has 2 aromatic carbocycles. The van der Waals surface area contributed by atoms with Crippen molar-refractivity contribution in [3.05, 3.63) is 75.8 Å². The quantitative estimate of drug-likeness (QED) is 0.304. The second-order valence-corrected chi connectivity index (χ2v) is 5.73. The lowest BCUT2D eigenvalue weighted by molar-refractivity contribution is -0.384. The van der Waals surface area contributed by atoms with Crippen molar-refractivity contribution >= 4 is 24.6 Å². The number of amides is 2. The highest BCUT2D eigenvalue weighted by Crippen LogP contribution is 2.22. The van der Waals surface area contributed by atoms with Crippen LogP contribution < -0.4 is 10.6 Å². The summed E-state index contributed by atoms with van der Waals surface area (Å²) in [5.74, 6) is -0.991. The molecule has 0 aliphatic rings. The Labute approximate surface area is 155 Å². The van der Waals surface area contributed by atoms with Gasteiger partial charge in [0.25, 0.3) is 11.6 Å². The number of non-ortho nitro benzene ring substituents is 1. The molecule has 0 spiro atoms. The number of nitro groups is 1. The third kappa shape index (κ3) is 6.21. The van der Waals surface area contributed by atoms with Gasteiger partial charge in [0.05, 0.1) is 23.8 Å². The van der Waals surface area contributed by atoms with E-state index in [1.807, 2.05) is 0 Å². The van der Waals surface area contributed by atoms with Gasteiger partial charge in [-0.3, -0.25) is 19.7 Å². The lowest BCUT2D eigenvalue weighted by Gasteiger charge is -2.19. The summed E-state index contributed by atoms with van der Waals surface area (Å²) in [5, 5.41) is 33.7. The molecule has 140 valence electrons. The summed E-state index contributed by atoms with van der Waals surface area (Å²) in [4.78, 5) is 34.9. The lowest BCUT2D eigenvalue weighted by atomic mass is 9.92. The Morgan fingerprint density at radius 3 is 2.44 bits per heavy atom. The van der Waals surface area contributed by atoms with Crippen molar-refractivity contribution in [1.82, 2.24) is 10.6 Å². The first-order valence-electron chi connectivity index (χ1n) is 8.10. The van der Waals surface area contributed by atoms with Crippen LogP contribution in [0.3, 0.4) is 0 Å². The van der Waals surface area contributed by atoms with Crippen LogP contribution in [0.4, 0.5) is 5.69 Å². The first-order valence-corrected chi connectivity index (χ1v) is 8.10. The molecule has 0 aliphatic carbocycles. The van der Waals surface area contributed by atoms with Crippen molar-refractivity contribution in [2.45, 2.75) is 12.5 Å². The highest BCUT2D eigenvalue weighted by Gasteiger charge is 2.22. The number of carbonyl (C=O) groups is 2. The number of hydrogen-bond donors (Lipinski definition) is 4. The molecule has 27 heavy (non-hydrogen) atoms. The SMILES string of the molecule is O=C(CC(NC(=O)c1ccccc1)c1cccc([N+](=O)[O-])c1)NCB(O)O. The highest BCUT2D eigenvalue weighted by atomic mass is 16.6. The molecule has 2 amide bonds. The van der Waals surface area contributed by atoms with E-state index in [1.54, 1.807) is 36.4 Å². The molecule has 10 heteroatoms. The Kier molecular flexibility index (Phi) is 7.04. The molecule has 1 unspecified atom stereocenters. The Bertz CT molecular complexity index is 815. The summed E-state index contributed by atoms with van der Waals surface area (Å²) in [7, 11) is -1.70. The molecule has 0 saturated heterocycles. The largest absolute Gasteiger partial charge is 0.472 e. The molecule has 0 aliphatic heterocycles.